The molecule has 2 atom stereocenters. The van der Waals surface area contributed by atoms with Gasteiger partial charge in [0.2, 0.25) is 0 Å². The van der Waals surface area contributed by atoms with Crippen LogP contribution in [0.5, 0.6) is 0 Å². The first-order valence-electron chi connectivity index (χ1n) is 7.75. The third kappa shape index (κ3) is 4.05. The molecule has 3 heterocycles. The van der Waals surface area contributed by atoms with Crippen molar-refractivity contribution in [3.8, 4) is 0 Å². The number of thiophene rings is 1. The van der Waals surface area contributed by atoms with Crippen molar-refractivity contribution in [3.05, 3.63) is 22.4 Å². The molecule has 0 aromatic carbocycles. The molecule has 4 nitrogen and oxygen atoms in total. The summed E-state index contributed by atoms with van der Waals surface area (Å²) < 4.78 is 12.1. The molecule has 0 saturated carbocycles. The summed E-state index contributed by atoms with van der Waals surface area (Å²) in [5.41, 5.74) is 1.31. The molecule has 0 N–H and O–H groups in total. The van der Waals surface area contributed by atoms with E-state index in [0.717, 1.165) is 52.4 Å². The first kappa shape index (κ1) is 15.4. The van der Waals surface area contributed by atoms with Gasteiger partial charge >= 0.3 is 0 Å². The van der Waals surface area contributed by atoms with E-state index < -0.39 is 0 Å². The van der Waals surface area contributed by atoms with Gasteiger partial charge in [-0.3, -0.25) is 4.90 Å². The number of hydrogen-bond acceptors (Lipinski definition) is 5. The second-order valence-corrected chi connectivity index (χ2v) is 7.50. The van der Waals surface area contributed by atoms with Crippen molar-refractivity contribution in [1.82, 2.24) is 9.80 Å². The fourth-order valence-corrected chi connectivity index (χ4v) is 4.20. The summed E-state index contributed by atoms with van der Waals surface area (Å²) in [6.07, 6.45) is 1.12. The fraction of sp³-hybridized carbons (Fsp3) is 0.750. The lowest BCUT2D eigenvalue weighted by Crippen LogP contribution is -2.44. The number of hydrogen-bond donors (Lipinski definition) is 0. The molecule has 3 rings (SSSR count). The SMILES string of the molecule is CN(C)CC1COC2(COCCN(Cc3ccsc3)C2)C1. The summed E-state index contributed by atoms with van der Waals surface area (Å²) in [4.78, 5) is 4.75. The average molecular weight is 310 g/mol. The third-order valence-corrected chi connectivity index (χ3v) is 5.06. The van der Waals surface area contributed by atoms with Crippen LogP contribution >= 0.6 is 11.3 Å². The van der Waals surface area contributed by atoms with Gasteiger partial charge in [-0.2, -0.15) is 11.3 Å². The highest BCUT2D eigenvalue weighted by Crippen LogP contribution is 2.33. The predicted molar refractivity (Wildman–Crippen MR) is 85.8 cm³/mol. The van der Waals surface area contributed by atoms with Crippen molar-refractivity contribution in [2.45, 2.75) is 18.6 Å². The van der Waals surface area contributed by atoms with Crippen molar-refractivity contribution < 1.29 is 9.47 Å². The van der Waals surface area contributed by atoms with Crippen molar-refractivity contribution in [1.29, 1.82) is 0 Å². The van der Waals surface area contributed by atoms with Crippen LogP contribution < -0.4 is 0 Å². The zero-order valence-corrected chi connectivity index (χ0v) is 13.9. The summed E-state index contributed by atoms with van der Waals surface area (Å²) >= 11 is 1.77. The maximum Gasteiger partial charge on any atom is 0.104 e. The van der Waals surface area contributed by atoms with Crippen LogP contribution in [0.3, 0.4) is 0 Å². The van der Waals surface area contributed by atoms with Crippen LogP contribution in [0.15, 0.2) is 16.8 Å². The zero-order valence-electron chi connectivity index (χ0n) is 13.1. The van der Waals surface area contributed by atoms with Gasteiger partial charge < -0.3 is 14.4 Å². The second-order valence-electron chi connectivity index (χ2n) is 6.72. The highest BCUT2D eigenvalue weighted by molar-refractivity contribution is 7.07. The zero-order chi connectivity index (χ0) is 14.7. The Kier molecular flexibility index (Phi) is 4.96. The molecule has 0 radical (unpaired) electrons. The monoisotopic (exact) mass is 310 g/mol. The van der Waals surface area contributed by atoms with Gasteiger partial charge in [-0.1, -0.05) is 0 Å². The van der Waals surface area contributed by atoms with E-state index >= 15 is 0 Å². The molecule has 1 aromatic rings. The highest BCUT2D eigenvalue weighted by atomic mass is 32.1. The van der Waals surface area contributed by atoms with Gasteiger partial charge in [-0.05, 0) is 48.8 Å². The van der Waals surface area contributed by atoms with E-state index in [1.165, 1.54) is 5.56 Å². The summed E-state index contributed by atoms with van der Waals surface area (Å²) in [6, 6.07) is 2.22. The molecule has 0 bridgehead atoms. The standard InChI is InChI=1S/C16H26N2O2S/c1-17(2)8-15-7-16(20-10-15)12-18(4-5-19-13-16)9-14-3-6-21-11-14/h3,6,11,15H,4-5,7-10,12-13H2,1-2H3. The molecule has 2 fully saturated rings. The first-order chi connectivity index (χ1) is 10.2. The summed E-state index contributed by atoms with van der Waals surface area (Å²) in [7, 11) is 4.27. The number of nitrogens with zero attached hydrogens (tertiary/aromatic N) is 2. The van der Waals surface area contributed by atoms with Crippen molar-refractivity contribution >= 4 is 11.3 Å². The predicted octanol–water partition coefficient (Wildman–Crippen LogP) is 1.92. The molecular weight excluding hydrogens is 284 g/mol. The van der Waals surface area contributed by atoms with Crippen molar-refractivity contribution in [3.63, 3.8) is 0 Å². The molecule has 2 saturated heterocycles. The summed E-state index contributed by atoms with van der Waals surface area (Å²) in [5.74, 6) is 0.629. The largest absolute Gasteiger partial charge is 0.377 e. The Morgan fingerprint density at radius 1 is 1.48 bits per heavy atom. The van der Waals surface area contributed by atoms with E-state index in [-0.39, 0.29) is 5.60 Å². The molecule has 118 valence electrons. The highest BCUT2D eigenvalue weighted by Gasteiger charge is 2.43. The van der Waals surface area contributed by atoms with E-state index in [1.807, 2.05) is 0 Å². The van der Waals surface area contributed by atoms with Gasteiger partial charge in [0.15, 0.2) is 0 Å². The van der Waals surface area contributed by atoms with E-state index in [4.69, 9.17) is 9.47 Å². The Morgan fingerprint density at radius 2 is 2.38 bits per heavy atom. The molecule has 5 heteroatoms. The lowest BCUT2D eigenvalue weighted by molar-refractivity contribution is -0.0563. The van der Waals surface area contributed by atoms with E-state index in [1.54, 1.807) is 11.3 Å². The topological polar surface area (TPSA) is 24.9 Å². The summed E-state index contributed by atoms with van der Waals surface area (Å²) in [5, 5.41) is 4.39. The van der Waals surface area contributed by atoms with Crippen LogP contribution in [0.2, 0.25) is 0 Å². The van der Waals surface area contributed by atoms with Crippen molar-refractivity contribution in [2.75, 3.05) is 53.6 Å². The first-order valence-corrected chi connectivity index (χ1v) is 8.69. The van der Waals surface area contributed by atoms with E-state index in [0.29, 0.717) is 5.92 Å². The number of rotatable bonds is 4. The van der Waals surface area contributed by atoms with Crippen LogP contribution in [0.25, 0.3) is 0 Å². The van der Waals surface area contributed by atoms with Crippen LogP contribution in [-0.4, -0.2) is 69.0 Å². The molecular formula is C16H26N2O2S. The Morgan fingerprint density at radius 3 is 3.14 bits per heavy atom. The lowest BCUT2D eigenvalue weighted by atomic mass is 9.94. The summed E-state index contributed by atoms with van der Waals surface area (Å²) in [6.45, 7) is 6.53. The van der Waals surface area contributed by atoms with E-state index in [9.17, 15) is 0 Å². The van der Waals surface area contributed by atoms with Crippen LogP contribution in [0.1, 0.15) is 12.0 Å². The van der Waals surface area contributed by atoms with Gasteiger partial charge in [0.1, 0.15) is 5.60 Å². The Balaban J connectivity index is 1.62. The molecule has 0 aliphatic carbocycles. The van der Waals surface area contributed by atoms with Crippen molar-refractivity contribution in [2.24, 2.45) is 5.92 Å². The van der Waals surface area contributed by atoms with Gasteiger partial charge in [0, 0.05) is 26.2 Å². The van der Waals surface area contributed by atoms with Crippen LogP contribution in [0, 0.1) is 5.92 Å². The average Bonchev–Trinajstić information content (AvgIpc) is 3.00. The van der Waals surface area contributed by atoms with Crippen LogP contribution in [-0.2, 0) is 16.0 Å². The lowest BCUT2D eigenvalue weighted by Gasteiger charge is -2.31. The van der Waals surface area contributed by atoms with Crippen LogP contribution in [0.4, 0.5) is 0 Å². The molecule has 2 aliphatic heterocycles. The fourth-order valence-electron chi connectivity index (χ4n) is 3.54. The quantitative estimate of drug-likeness (QED) is 0.848. The number of ether oxygens (including phenoxy) is 2. The molecule has 1 aromatic heterocycles. The second kappa shape index (κ2) is 6.75. The molecule has 1 spiro atoms. The maximum atomic E-state index is 6.23. The van der Waals surface area contributed by atoms with Gasteiger partial charge in [-0.25, -0.2) is 0 Å². The Bertz CT molecular complexity index is 437. The minimum Gasteiger partial charge on any atom is -0.377 e. The normalized spacial score (nSPS) is 31.1. The molecule has 0 amide bonds. The maximum absolute atomic E-state index is 6.23. The van der Waals surface area contributed by atoms with Gasteiger partial charge in [0.25, 0.3) is 0 Å². The third-order valence-electron chi connectivity index (χ3n) is 4.32. The molecule has 2 aliphatic rings. The molecule has 2 unspecified atom stereocenters. The minimum absolute atomic E-state index is 0.0901. The Labute approximate surface area is 131 Å². The van der Waals surface area contributed by atoms with Gasteiger partial charge in [0.05, 0.1) is 19.8 Å². The Hall–Kier alpha value is -0.460. The smallest absolute Gasteiger partial charge is 0.104 e. The van der Waals surface area contributed by atoms with E-state index in [2.05, 4.69) is 40.7 Å². The van der Waals surface area contributed by atoms with Gasteiger partial charge in [-0.15, -0.1) is 0 Å². The minimum atomic E-state index is -0.0901. The molecule has 21 heavy (non-hydrogen) atoms.